The van der Waals surface area contributed by atoms with Crippen LogP contribution in [0, 0.1) is 0 Å². The minimum absolute atomic E-state index is 0.00705. The lowest BCUT2D eigenvalue weighted by Crippen LogP contribution is -2.17. The van der Waals surface area contributed by atoms with E-state index in [0.29, 0.717) is 11.3 Å². The number of hydrogen-bond donors (Lipinski definition) is 1. The third-order valence-corrected chi connectivity index (χ3v) is 2.06. The number of oxime groups is 1. The summed E-state index contributed by atoms with van der Waals surface area (Å²) in [6.45, 7) is 0. The SMILES string of the molecule is N/C(=N\OC(=O)c1ccccc1)c1cnccn1. The first-order valence-corrected chi connectivity index (χ1v) is 5.13. The van der Waals surface area contributed by atoms with Crippen molar-refractivity contribution in [2.45, 2.75) is 0 Å². The second-order valence-electron chi connectivity index (χ2n) is 3.31. The maximum absolute atomic E-state index is 11.6. The second-order valence-corrected chi connectivity index (χ2v) is 3.31. The Labute approximate surface area is 103 Å². The third kappa shape index (κ3) is 2.88. The molecule has 6 heteroatoms. The quantitative estimate of drug-likeness (QED) is 0.374. The van der Waals surface area contributed by atoms with Crippen molar-refractivity contribution >= 4 is 11.8 Å². The van der Waals surface area contributed by atoms with E-state index in [1.165, 1.54) is 18.6 Å². The molecule has 1 heterocycles. The molecule has 0 atom stereocenters. The van der Waals surface area contributed by atoms with E-state index in [1.54, 1.807) is 30.3 Å². The lowest BCUT2D eigenvalue weighted by molar-refractivity contribution is 0.0516. The van der Waals surface area contributed by atoms with Gasteiger partial charge in [0.1, 0.15) is 5.69 Å². The number of amidine groups is 1. The van der Waals surface area contributed by atoms with Crippen molar-refractivity contribution in [1.82, 2.24) is 9.97 Å². The summed E-state index contributed by atoms with van der Waals surface area (Å²) in [6, 6.07) is 8.50. The van der Waals surface area contributed by atoms with Crippen molar-refractivity contribution < 1.29 is 9.63 Å². The van der Waals surface area contributed by atoms with Gasteiger partial charge in [0.25, 0.3) is 0 Å². The van der Waals surface area contributed by atoms with Crippen LogP contribution < -0.4 is 5.73 Å². The van der Waals surface area contributed by atoms with Gasteiger partial charge in [-0.3, -0.25) is 4.98 Å². The Morgan fingerprint density at radius 2 is 2.00 bits per heavy atom. The van der Waals surface area contributed by atoms with Crippen molar-refractivity contribution in [3.63, 3.8) is 0 Å². The van der Waals surface area contributed by atoms with Crippen LogP contribution in [-0.2, 0) is 4.84 Å². The molecule has 0 fully saturated rings. The van der Waals surface area contributed by atoms with Crippen LogP contribution in [0.3, 0.4) is 0 Å². The van der Waals surface area contributed by atoms with Gasteiger partial charge in [-0.05, 0) is 12.1 Å². The zero-order valence-electron chi connectivity index (χ0n) is 9.35. The molecule has 0 aliphatic heterocycles. The van der Waals surface area contributed by atoms with E-state index in [-0.39, 0.29) is 5.84 Å². The van der Waals surface area contributed by atoms with E-state index >= 15 is 0 Å². The van der Waals surface area contributed by atoms with Crippen molar-refractivity contribution in [1.29, 1.82) is 0 Å². The highest BCUT2D eigenvalue weighted by Gasteiger charge is 2.07. The smallest absolute Gasteiger partial charge is 0.365 e. The van der Waals surface area contributed by atoms with Crippen LogP contribution in [0.2, 0.25) is 0 Å². The highest BCUT2D eigenvalue weighted by Crippen LogP contribution is 2.01. The Morgan fingerprint density at radius 1 is 1.22 bits per heavy atom. The first-order valence-electron chi connectivity index (χ1n) is 5.13. The van der Waals surface area contributed by atoms with Crippen molar-refractivity contribution in [3.05, 3.63) is 60.2 Å². The molecule has 0 bridgehead atoms. The van der Waals surface area contributed by atoms with Crippen LogP contribution in [0.1, 0.15) is 16.1 Å². The standard InChI is InChI=1S/C12H10N4O2/c13-11(10-8-14-6-7-15-10)16-18-12(17)9-4-2-1-3-5-9/h1-8H,(H2,13,16). The monoisotopic (exact) mass is 242 g/mol. The largest absolute Gasteiger partial charge is 0.379 e. The number of hydrogen-bond acceptors (Lipinski definition) is 5. The minimum Gasteiger partial charge on any atom is -0.379 e. The number of nitrogens with two attached hydrogens (primary N) is 1. The van der Waals surface area contributed by atoms with E-state index in [0.717, 1.165) is 0 Å². The predicted molar refractivity (Wildman–Crippen MR) is 64.6 cm³/mol. The number of benzene rings is 1. The van der Waals surface area contributed by atoms with Crippen molar-refractivity contribution in [2.75, 3.05) is 0 Å². The zero-order chi connectivity index (χ0) is 12.8. The highest BCUT2D eigenvalue weighted by molar-refractivity contribution is 5.96. The molecule has 18 heavy (non-hydrogen) atoms. The summed E-state index contributed by atoms with van der Waals surface area (Å²) in [7, 11) is 0. The van der Waals surface area contributed by atoms with Crippen LogP contribution >= 0.6 is 0 Å². The fourth-order valence-electron chi connectivity index (χ4n) is 1.20. The van der Waals surface area contributed by atoms with Crippen molar-refractivity contribution in [2.24, 2.45) is 10.9 Å². The molecule has 0 radical (unpaired) electrons. The number of carbonyl (C=O) groups is 1. The maximum Gasteiger partial charge on any atom is 0.365 e. The molecule has 0 aliphatic carbocycles. The average molecular weight is 242 g/mol. The lowest BCUT2D eigenvalue weighted by Gasteiger charge is -1.99. The molecule has 0 amide bonds. The maximum atomic E-state index is 11.6. The average Bonchev–Trinajstić information content (AvgIpc) is 2.46. The van der Waals surface area contributed by atoms with E-state index in [9.17, 15) is 4.79 Å². The molecule has 0 spiro atoms. The summed E-state index contributed by atoms with van der Waals surface area (Å²) in [5.74, 6) is -0.588. The molecule has 90 valence electrons. The Hall–Kier alpha value is -2.76. The minimum atomic E-state index is -0.581. The van der Waals surface area contributed by atoms with Gasteiger partial charge in [-0.2, -0.15) is 0 Å². The van der Waals surface area contributed by atoms with Gasteiger partial charge in [0.05, 0.1) is 11.8 Å². The fraction of sp³-hybridized carbons (Fsp3) is 0. The molecule has 0 saturated heterocycles. The van der Waals surface area contributed by atoms with Gasteiger partial charge in [-0.15, -0.1) is 0 Å². The number of carbonyl (C=O) groups excluding carboxylic acids is 1. The molecule has 1 aromatic heterocycles. The molecular formula is C12H10N4O2. The van der Waals surface area contributed by atoms with E-state index < -0.39 is 5.97 Å². The van der Waals surface area contributed by atoms with E-state index in [4.69, 9.17) is 10.6 Å². The van der Waals surface area contributed by atoms with Crippen LogP contribution in [-0.4, -0.2) is 21.8 Å². The van der Waals surface area contributed by atoms with Gasteiger partial charge in [0, 0.05) is 12.4 Å². The lowest BCUT2D eigenvalue weighted by atomic mass is 10.2. The molecule has 2 rings (SSSR count). The highest BCUT2D eigenvalue weighted by atomic mass is 16.7. The molecule has 0 aliphatic rings. The zero-order valence-corrected chi connectivity index (χ0v) is 9.35. The molecule has 6 nitrogen and oxygen atoms in total. The Morgan fingerprint density at radius 3 is 2.67 bits per heavy atom. The predicted octanol–water partition coefficient (Wildman–Crippen LogP) is 0.954. The summed E-state index contributed by atoms with van der Waals surface area (Å²) >= 11 is 0. The van der Waals surface area contributed by atoms with Gasteiger partial charge in [0.2, 0.25) is 0 Å². The number of aromatic nitrogens is 2. The topological polar surface area (TPSA) is 90.5 Å². The normalized spacial score (nSPS) is 11.0. The van der Waals surface area contributed by atoms with Gasteiger partial charge in [-0.1, -0.05) is 23.4 Å². The van der Waals surface area contributed by atoms with Gasteiger partial charge in [-0.25, -0.2) is 9.78 Å². The van der Waals surface area contributed by atoms with E-state index in [1.807, 2.05) is 0 Å². The molecule has 0 saturated carbocycles. The molecule has 2 aromatic rings. The third-order valence-electron chi connectivity index (χ3n) is 2.06. The van der Waals surface area contributed by atoms with Crippen LogP contribution in [0.25, 0.3) is 0 Å². The summed E-state index contributed by atoms with van der Waals surface area (Å²) in [5.41, 5.74) is 6.33. The molecule has 0 unspecified atom stereocenters. The molecule has 1 aromatic carbocycles. The summed E-state index contributed by atoms with van der Waals surface area (Å²) in [4.78, 5) is 24.0. The van der Waals surface area contributed by atoms with E-state index in [2.05, 4.69) is 15.1 Å². The van der Waals surface area contributed by atoms with Gasteiger partial charge in [0.15, 0.2) is 5.84 Å². The first kappa shape index (κ1) is 11.7. The van der Waals surface area contributed by atoms with Crippen LogP contribution in [0.15, 0.2) is 54.1 Å². The first-order chi connectivity index (χ1) is 8.77. The molecular weight excluding hydrogens is 232 g/mol. The molecule has 2 N–H and O–H groups in total. The Bertz CT molecular complexity index is 555. The fourth-order valence-corrected chi connectivity index (χ4v) is 1.20. The van der Waals surface area contributed by atoms with Crippen LogP contribution in [0.4, 0.5) is 0 Å². The Kier molecular flexibility index (Phi) is 3.60. The summed E-state index contributed by atoms with van der Waals surface area (Å²) in [6.07, 6.45) is 4.40. The second kappa shape index (κ2) is 5.53. The van der Waals surface area contributed by atoms with Gasteiger partial charge < -0.3 is 10.6 Å². The number of nitrogens with zero attached hydrogens (tertiary/aromatic N) is 3. The summed E-state index contributed by atoms with van der Waals surface area (Å²) in [5, 5.41) is 3.51. The van der Waals surface area contributed by atoms with Gasteiger partial charge >= 0.3 is 5.97 Å². The number of rotatable bonds is 3. The Balaban J connectivity index is 2.05. The summed E-state index contributed by atoms with van der Waals surface area (Å²) < 4.78 is 0. The van der Waals surface area contributed by atoms with Crippen LogP contribution in [0.5, 0.6) is 0 Å². The van der Waals surface area contributed by atoms with Crippen molar-refractivity contribution in [3.8, 4) is 0 Å².